The third-order valence-electron chi connectivity index (χ3n) is 2.61. The van der Waals surface area contributed by atoms with Crippen LogP contribution in [0.3, 0.4) is 0 Å². The van der Waals surface area contributed by atoms with E-state index in [9.17, 15) is 4.79 Å². The van der Waals surface area contributed by atoms with Gasteiger partial charge >= 0.3 is 0 Å². The van der Waals surface area contributed by atoms with Gasteiger partial charge < -0.3 is 4.74 Å². The van der Waals surface area contributed by atoms with Crippen LogP contribution in [0, 0.1) is 0 Å². The molecular formula is C9H19N3O2. The molecule has 0 aromatic heterocycles. The molecule has 82 valence electrons. The number of amides is 1. The molecule has 1 fully saturated rings. The molecular weight excluding hydrogens is 182 g/mol. The van der Waals surface area contributed by atoms with E-state index in [1.54, 1.807) is 0 Å². The van der Waals surface area contributed by atoms with Crippen LogP contribution in [0.15, 0.2) is 0 Å². The molecule has 3 N–H and O–H groups in total. The summed E-state index contributed by atoms with van der Waals surface area (Å²) in [6.45, 7) is 5.36. The van der Waals surface area contributed by atoms with E-state index in [2.05, 4.69) is 17.2 Å². The number of hydrogen-bond acceptors (Lipinski definition) is 4. The van der Waals surface area contributed by atoms with Crippen LogP contribution in [0.25, 0.3) is 0 Å². The van der Waals surface area contributed by atoms with Gasteiger partial charge in [-0.15, -0.1) is 0 Å². The summed E-state index contributed by atoms with van der Waals surface area (Å²) in [6.07, 6.45) is 1.53. The number of hydrogen-bond donors (Lipinski definition) is 2. The molecule has 0 aromatic rings. The van der Waals surface area contributed by atoms with Crippen molar-refractivity contribution >= 4 is 5.91 Å². The Morgan fingerprint density at radius 2 is 2.50 bits per heavy atom. The van der Waals surface area contributed by atoms with Gasteiger partial charge in [0, 0.05) is 25.6 Å². The maximum atomic E-state index is 11.0. The number of nitrogens with one attached hydrogen (secondary N) is 1. The molecule has 0 saturated carbocycles. The van der Waals surface area contributed by atoms with E-state index in [4.69, 9.17) is 10.6 Å². The number of nitrogens with zero attached hydrogens (tertiary/aromatic N) is 1. The monoisotopic (exact) mass is 201 g/mol. The Balaban J connectivity index is 2.29. The molecule has 0 spiro atoms. The standard InChI is InChI=1S/C9H19N3O2/c1-2-8-7-14-6-5-12(8)4-3-9(13)11-10/h8H,2-7,10H2,1H3,(H,11,13). The van der Waals surface area contributed by atoms with Crippen molar-refractivity contribution < 1.29 is 9.53 Å². The lowest BCUT2D eigenvalue weighted by Gasteiger charge is -2.34. The van der Waals surface area contributed by atoms with Gasteiger partial charge in [-0.3, -0.25) is 15.1 Å². The Labute approximate surface area is 84.5 Å². The summed E-state index contributed by atoms with van der Waals surface area (Å²) in [4.78, 5) is 13.2. The Morgan fingerprint density at radius 3 is 3.14 bits per heavy atom. The number of carbonyl (C=O) groups is 1. The molecule has 1 heterocycles. The highest BCUT2D eigenvalue weighted by Gasteiger charge is 2.21. The second-order valence-corrected chi connectivity index (χ2v) is 3.49. The molecule has 1 unspecified atom stereocenters. The summed E-state index contributed by atoms with van der Waals surface area (Å²) in [5, 5.41) is 0. The molecule has 0 aliphatic carbocycles. The van der Waals surface area contributed by atoms with E-state index in [-0.39, 0.29) is 5.91 Å². The second kappa shape index (κ2) is 5.95. The summed E-state index contributed by atoms with van der Waals surface area (Å²) < 4.78 is 5.37. The van der Waals surface area contributed by atoms with Crippen molar-refractivity contribution in [1.82, 2.24) is 10.3 Å². The molecule has 1 amide bonds. The molecule has 0 aromatic carbocycles. The van der Waals surface area contributed by atoms with Gasteiger partial charge in [0.1, 0.15) is 0 Å². The number of rotatable bonds is 4. The average Bonchev–Trinajstić information content (AvgIpc) is 2.26. The van der Waals surface area contributed by atoms with E-state index < -0.39 is 0 Å². The van der Waals surface area contributed by atoms with Crippen molar-refractivity contribution in [2.45, 2.75) is 25.8 Å². The van der Waals surface area contributed by atoms with Crippen LogP contribution in [-0.2, 0) is 9.53 Å². The van der Waals surface area contributed by atoms with E-state index in [1.165, 1.54) is 0 Å². The highest BCUT2D eigenvalue weighted by Crippen LogP contribution is 2.10. The van der Waals surface area contributed by atoms with Crippen molar-refractivity contribution in [2.75, 3.05) is 26.3 Å². The quantitative estimate of drug-likeness (QED) is 0.365. The van der Waals surface area contributed by atoms with Gasteiger partial charge in [0.15, 0.2) is 0 Å². The number of hydrazine groups is 1. The molecule has 0 radical (unpaired) electrons. The van der Waals surface area contributed by atoms with Gasteiger partial charge in [-0.1, -0.05) is 6.92 Å². The molecule has 1 atom stereocenters. The van der Waals surface area contributed by atoms with Gasteiger partial charge in [0.2, 0.25) is 5.91 Å². The zero-order chi connectivity index (χ0) is 10.4. The van der Waals surface area contributed by atoms with Crippen LogP contribution in [0.1, 0.15) is 19.8 Å². The lowest BCUT2D eigenvalue weighted by atomic mass is 10.1. The van der Waals surface area contributed by atoms with Gasteiger partial charge in [-0.05, 0) is 6.42 Å². The summed E-state index contributed by atoms with van der Waals surface area (Å²) >= 11 is 0. The molecule has 5 heteroatoms. The van der Waals surface area contributed by atoms with Gasteiger partial charge in [-0.25, -0.2) is 5.84 Å². The van der Waals surface area contributed by atoms with Crippen LogP contribution >= 0.6 is 0 Å². The van der Waals surface area contributed by atoms with Crippen LogP contribution in [0.2, 0.25) is 0 Å². The Bertz CT molecular complexity index is 187. The first-order chi connectivity index (χ1) is 6.77. The predicted octanol–water partition coefficient (Wildman–Crippen LogP) is -0.523. The molecule has 1 aliphatic rings. The normalized spacial score (nSPS) is 23.4. The van der Waals surface area contributed by atoms with Gasteiger partial charge in [0.05, 0.1) is 13.2 Å². The van der Waals surface area contributed by atoms with Gasteiger partial charge in [-0.2, -0.15) is 0 Å². The molecule has 0 bridgehead atoms. The largest absolute Gasteiger partial charge is 0.378 e. The van der Waals surface area contributed by atoms with E-state index in [0.29, 0.717) is 12.5 Å². The van der Waals surface area contributed by atoms with Gasteiger partial charge in [0.25, 0.3) is 0 Å². The highest BCUT2D eigenvalue weighted by atomic mass is 16.5. The predicted molar refractivity (Wildman–Crippen MR) is 53.4 cm³/mol. The number of nitrogens with two attached hydrogens (primary N) is 1. The summed E-state index contributed by atoms with van der Waals surface area (Å²) in [5.74, 6) is 4.91. The fraction of sp³-hybridized carbons (Fsp3) is 0.889. The van der Waals surface area contributed by atoms with Crippen molar-refractivity contribution in [3.05, 3.63) is 0 Å². The topological polar surface area (TPSA) is 67.6 Å². The maximum Gasteiger partial charge on any atom is 0.235 e. The Kier molecular flexibility index (Phi) is 4.86. The molecule has 5 nitrogen and oxygen atoms in total. The first kappa shape index (κ1) is 11.4. The Morgan fingerprint density at radius 1 is 1.71 bits per heavy atom. The summed E-state index contributed by atoms with van der Waals surface area (Å²) in [6, 6.07) is 0.453. The van der Waals surface area contributed by atoms with Crippen LogP contribution in [-0.4, -0.2) is 43.2 Å². The number of ether oxygens (including phenoxy) is 1. The summed E-state index contributed by atoms with van der Waals surface area (Å²) in [5.41, 5.74) is 2.14. The van der Waals surface area contributed by atoms with E-state index in [1.807, 2.05) is 0 Å². The first-order valence-electron chi connectivity index (χ1n) is 5.09. The van der Waals surface area contributed by atoms with Crippen molar-refractivity contribution in [3.8, 4) is 0 Å². The molecule has 1 aliphatic heterocycles. The fourth-order valence-electron chi connectivity index (χ4n) is 1.68. The minimum absolute atomic E-state index is 0.105. The van der Waals surface area contributed by atoms with Crippen LogP contribution in [0.4, 0.5) is 0 Å². The maximum absolute atomic E-state index is 11.0. The SMILES string of the molecule is CCC1COCCN1CCC(=O)NN. The average molecular weight is 201 g/mol. The summed E-state index contributed by atoms with van der Waals surface area (Å²) in [7, 11) is 0. The third-order valence-corrected chi connectivity index (χ3v) is 2.61. The van der Waals surface area contributed by atoms with Crippen molar-refractivity contribution in [2.24, 2.45) is 5.84 Å². The molecule has 1 saturated heterocycles. The minimum atomic E-state index is -0.105. The highest BCUT2D eigenvalue weighted by molar-refractivity contribution is 5.75. The minimum Gasteiger partial charge on any atom is -0.378 e. The van der Waals surface area contributed by atoms with Crippen molar-refractivity contribution in [1.29, 1.82) is 0 Å². The second-order valence-electron chi connectivity index (χ2n) is 3.49. The van der Waals surface area contributed by atoms with E-state index >= 15 is 0 Å². The smallest absolute Gasteiger partial charge is 0.235 e. The fourth-order valence-corrected chi connectivity index (χ4v) is 1.68. The third kappa shape index (κ3) is 3.25. The van der Waals surface area contributed by atoms with Crippen LogP contribution < -0.4 is 11.3 Å². The Hall–Kier alpha value is -0.650. The van der Waals surface area contributed by atoms with E-state index in [0.717, 1.165) is 32.7 Å². The molecule has 14 heavy (non-hydrogen) atoms. The zero-order valence-corrected chi connectivity index (χ0v) is 8.66. The lowest BCUT2D eigenvalue weighted by Crippen LogP contribution is -2.46. The molecule has 1 rings (SSSR count). The van der Waals surface area contributed by atoms with Crippen molar-refractivity contribution in [3.63, 3.8) is 0 Å². The zero-order valence-electron chi connectivity index (χ0n) is 8.66. The number of carbonyl (C=O) groups excluding carboxylic acids is 1. The number of morpholine rings is 1. The van der Waals surface area contributed by atoms with Crippen LogP contribution in [0.5, 0.6) is 0 Å². The first-order valence-corrected chi connectivity index (χ1v) is 5.09. The lowest BCUT2D eigenvalue weighted by molar-refractivity contribution is -0.122.